The molecule has 2 aromatic rings. The summed E-state index contributed by atoms with van der Waals surface area (Å²) in [5.74, 6) is -1.79. The molecule has 9 heteroatoms. The Hall–Kier alpha value is -3.75. The van der Waals surface area contributed by atoms with E-state index in [0.717, 1.165) is 12.0 Å². The first-order valence-electron chi connectivity index (χ1n) is 12.7. The van der Waals surface area contributed by atoms with Gasteiger partial charge in [0, 0.05) is 25.4 Å². The number of carbonyl (C=O) groups is 4. The van der Waals surface area contributed by atoms with Crippen LogP contribution in [-0.4, -0.2) is 52.4 Å². The summed E-state index contributed by atoms with van der Waals surface area (Å²) < 4.78 is 5.64. The molecular formula is C28H36N4O5. The van der Waals surface area contributed by atoms with Crippen molar-refractivity contribution in [1.82, 2.24) is 20.5 Å². The van der Waals surface area contributed by atoms with E-state index >= 15 is 0 Å². The van der Waals surface area contributed by atoms with Crippen molar-refractivity contribution in [2.45, 2.75) is 71.7 Å². The molecular weight excluding hydrogens is 472 g/mol. The molecule has 1 aromatic carbocycles. The van der Waals surface area contributed by atoms with Gasteiger partial charge in [0.05, 0.1) is 11.6 Å². The van der Waals surface area contributed by atoms with Crippen LogP contribution in [0.1, 0.15) is 75.3 Å². The van der Waals surface area contributed by atoms with Crippen LogP contribution >= 0.6 is 0 Å². The van der Waals surface area contributed by atoms with Crippen LogP contribution in [0.4, 0.5) is 4.79 Å². The Balaban J connectivity index is 1.66. The van der Waals surface area contributed by atoms with Crippen LogP contribution in [0.5, 0.6) is 0 Å². The number of amides is 3. The largest absolute Gasteiger partial charge is 0.425 e. The van der Waals surface area contributed by atoms with Gasteiger partial charge >= 0.3 is 6.09 Å². The third-order valence-electron chi connectivity index (χ3n) is 6.41. The van der Waals surface area contributed by atoms with Crippen molar-refractivity contribution in [3.05, 3.63) is 66.0 Å². The van der Waals surface area contributed by atoms with Gasteiger partial charge in [-0.3, -0.25) is 19.4 Å². The van der Waals surface area contributed by atoms with Crippen LogP contribution in [0.25, 0.3) is 0 Å². The van der Waals surface area contributed by atoms with Crippen molar-refractivity contribution in [3.8, 4) is 0 Å². The van der Waals surface area contributed by atoms with Crippen LogP contribution in [0, 0.1) is 5.41 Å². The van der Waals surface area contributed by atoms with E-state index in [0.29, 0.717) is 31.4 Å². The maximum Gasteiger partial charge on any atom is 0.409 e. The predicted octanol–water partition coefficient (Wildman–Crippen LogP) is 4.01. The Bertz CT molecular complexity index is 1090. The van der Waals surface area contributed by atoms with Gasteiger partial charge in [0.1, 0.15) is 6.04 Å². The fourth-order valence-corrected chi connectivity index (χ4v) is 4.40. The highest BCUT2D eigenvalue weighted by atomic mass is 16.6. The smallest absolute Gasteiger partial charge is 0.409 e. The zero-order valence-corrected chi connectivity index (χ0v) is 21.9. The maximum absolute atomic E-state index is 13.1. The van der Waals surface area contributed by atoms with Crippen LogP contribution in [0.3, 0.4) is 0 Å². The zero-order valence-electron chi connectivity index (χ0n) is 21.9. The van der Waals surface area contributed by atoms with Crippen LogP contribution < -0.4 is 10.6 Å². The molecule has 1 aromatic heterocycles. The fraction of sp³-hybridized carbons (Fsp3) is 0.464. The molecule has 3 atom stereocenters. The van der Waals surface area contributed by atoms with Crippen LogP contribution in [0.2, 0.25) is 0 Å². The van der Waals surface area contributed by atoms with Gasteiger partial charge in [0.2, 0.25) is 5.78 Å². The van der Waals surface area contributed by atoms with Gasteiger partial charge in [-0.25, -0.2) is 4.79 Å². The molecule has 37 heavy (non-hydrogen) atoms. The van der Waals surface area contributed by atoms with Crippen LogP contribution in [-0.2, 0) is 14.3 Å². The quantitative estimate of drug-likeness (QED) is 0.468. The number of carbonyl (C=O) groups excluding carboxylic acids is 4. The molecule has 9 nitrogen and oxygen atoms in total. The first-order valence-corrected chi connectivity index (χ1v) is 12.7. The standard InChI is InChI=1S/C28H36N4O5/c1-5-6-14-22(24(33)25(34)30-19(2)20-11-8-7-9-12-20)31-27(36)37-23-16-28(3,4)18-32(23)26(35)21-13-10-15-29-17-21/h7-13,15,17,19,22-23H,5-6,14,16,18H2,1-4H3,(H,30,34)(H,31,36)/t19-,22+,23?/m1/s1. The minimum absolute atomic E-state index is 0.270. The number of likely N-dealkylation sites (tertiary alicyclic amines) is 1. The highest BCUT2D eigenvalue weighted by Gasteiger charge is 2.43. The van der Waals surface area contributed by atoms with E-state index in [4.69, 9.17) is 4.74 Å². The molecule has 1 saturated heterocycles. The fourth-order valence-electron chi connectivity index (χ4n) is 4.40. The number of benzene rings is 1. The number of Topliss-reactive ketones (excluding diaryl/α,β-unsaturated/α-hetero) is 1. The second-order valence-electron chi connectivity index (χ2n) is 10.2. The lowest BCUT2D eigenvalue weighted by atomic mass is 9.93. The van der Waals surface area contributed by atoms with Crippen LogP contribution in [0.15, 0.2) is 54.9 Å². The summed E-state index contributed by atoms with van der Waals surface area (Å²) >= 11 is 0. The van der Waals surface area contributed by atoms with Crippen molar-refractivity contribution in [2.75, 3.05) is 6.54 Å². The number of hydrogen-bond acceptors (Lipinski definition) is 6. The lowest BCUT2D eigenvalue weighted by Crippen LogP contribution is -2.49. The third kappa shape index (κ3) is 7.62. The molecule has 2 heterocycles. The molecule has 0 radical (unpaired) electrons. The maximum atomic E-state index is 13.1. The molecule has 0 saturated carbocycles. The number of nitrogens with one attached hydrogen (secondary N) is 2. The average Bonchev–Trinajstić information content (AvgIpc) is 3.19. The van der Waals surface area contributed by atoms with E-state index < -0.39 is 30.1 Å². The molecule has 2 N–H and O–H groups in total. The average molecular weight is 509 g/mol. The molecule has 0 aliphatic carbocycles. The minimum Gasteiger partial charge on any atom is -0.425 e. The van der Waals surface area contributed by atoms with E-state index in [9.17, 15) is 19.2 Å². The number of nitrogens with zero attached hydrogens (tertiary/aromatic N) is 2. The summed E-state index contributed by atoms with van der Waals surface area (Å²) in [7, 11) is 0. The molecule has 3 rings (SSSR count). The number of unbranched alkanes of at least 4 members (excludes halogenated alkanes) is 1. The summed E-state index contributed by atoms with van der Waals surface area (Å²) in [6, 6.07) is 11.2. The number of ether oxygens (including phenoxy) is 1. The number of hydrogen-bond donors (Lipinski definition) is 2. The van der Waals surface area contributed by atoms with Gasteiger partial charge in [0.15, 0.2) is 6.23 Å². The van der Waals surface area contributed by atoms with Crippen molar-refractivity contribution in [2.24, 2.45) is 5.41 Å². The molecule has 3 amide bonds. The van der Waals surface area contributed by atoms with Gasteiger partial charge in [-0.1, -0.05) is 63.9 Å². The number of ketones is 1. The second kappa shape index (κ2) is 12.5. The number of rotatable bonds is 10. The zero-order chi connectivity index (χ0) is 27.0. The van der Waals surface area contributed by atoms with E-state index in [1.165, 1.54) is 11.1 Å². The van der Waals surface area contributed by atoms with Crippen molar-refractivity contribution >= 4 is 23.7 Å². The van der Waals surface area contributed by atoms with E-state index in [1.807, 2.05) is 51.1 Å². The van der Waals surface area contributed by atoms with Gasteiger partial charge in [-0.2, -0.15) is 0 Å². The van der Waals surface area contributed by atoms with Gasteiger partial charge in [-0.05, 0) is 36.5 Å². The van der Waals surface area contributed by atoms with Gasteiger partial charge in [0.25, 0.3) is 11.8 Å². The van der Waals surface area contributed by atoms with Crippen molar-refractivity contribution < 1.29 is 23.9 Å². The highest BCUT2D eigenvalue weighted by molar-refractivity contribution is 6.38. The normalized spacial score (nSPS) is 17.9. The Morgan fingerprint density at radius 2 is 1.84 bits per heavy atom. The minimum atomic E-state index is -1.03. The number of alkyl carbamates (subject to hydrolysis) is 1. The summed E-state index contributed by atoms with van der Waals surface area (Å²) in [5, 5.41) is 5.29. The number of aromatic nitrogens is 1. The third-order valence-corrected chi connectivity index (χ3v) is 6.41. The Morgan fingerprint density at radius 1 is 1.11 bits per heavy atom. The monoisotopic (exact) mass is 508 g/mol. The first kappa shape index (κ1) is 27.8. The predicted molar refractivity (Wildman–Crippen MR) is 138 cm³/mol. The summed E-state index contributed by atoms with van der Waals surface area (Å²) in [5.41, 5.74) is 0.992. The molecule has 1 aliphatic rings. The Kier molecular flexibility index (Phi) is 9.38. The summed E-state index contributed by atoms with van der Waals surface area (Å²) in [6.07, 6.45) is 3.56. The van der Waals surface area contributed by atoms with Crippen molar-refractivity contribution in [3.63, 3.8) is 0 Å². The SMILES string of the molecule is CCCC[C@H](NC(=O)OC1CC(C)(C)CN1C(=O)c1cccnc1)C(=O)C(=O)N[C@H](C)c1ccccc1. The molecule has 0 spiro atoms. The van der Waals surface area contributed by atoms with Crippen molar-refractivity contribution in [1.29, 1.82) is 0 Å². The Morgan fingerprint density at radius 3 is 2.49 bits per heavy atom. The topological polar surface area (TPSA) is 118 Å². The number of pyridine rings is 1. The summed E-state index contributed by atoms with van der Waals surface area (Å²) in [6.45, 7) is 8.13. The lowest BCUT2D eigenvalue weighted by Gasteiger charge is -2.26. The second-order valence-corrected chi connectivity index (χ2v) is 10.2. The molecule has 0 bridgehead atoms. The van der Waals surface area contributed by atoms with Gasteiger partial charge < -0.3 is 20.3 Å². The van der Waals surface area contributed by atoms with E-state index in [-0.39, 0.29) is 17.4 Å². The molecule has 1 fully saturated rings. The molecule has 1 unspecified atom stereocenters. The van der Waals surface area contributed by atoms with E-state index in [1.54, 1.807) is 25.3 Å². The summed E-state index contributed by atoms with van der Waals surface area (Å²) in [4.78, 5) is 57.2. The molecule has 1 aliphatic heterocycles. The highest BCUT2D eigenvalue weighted by Crippen LogP contribution is 2.35. The van der Waals surface area contributed by atoms with Gasteiger partial charge in [-0.15, -0.1) is 0 Å². The molecule has 198 valence electrons. The van der Waals surface area contributed by atoms with E-state index in [2.05, 4.69) is 15.6 Å². The Labute approximate surface area is 218 Å². The lowest BCUT2D eigenvalue weighted by molar-refractivity contribution is -0.139. The first-order chi connectivity index (χ1) is 17.6.